The molecule has 0 bridgehead atoms. The second-order valence-electron chi connectivity index (χ2n) is 3.85. The van der Waals surface area contributed by atoms with Gasteiger partial charge in [-0.3, -0.25) is 0 Å². The first-order chi connectivity index (χ1) is 7.22. The predicted octanol–water partition coefficient (Wildman–Crippen LogP) is 4.54. The van der Waals surface area contributed by atoms with Crippen LogP contribution >= 0.6 is 27.5 Å². The summed E-state index contributed by atoms with van der Waals surface area (Å²) in [5.74, 6) is 1.56. The molecule has 1 aliphatic rings. The lowest BCUT2D eigenvalue weighted by Gasteiger charge is -2.14. The molecule has 1 fully saturated rings. The fourth-order valence-electron chi connectivity index (χ4n) is 1.66. The molecule has 82 valence electrons. The average molecular weight is 290 g/mol. The number of rotatable bonds is 4. The quantitative estimate of drug-likeness (QED) is 0.740. The van der Waals surface area contributed by atoms with E-state index < -0.39 is 0 Å². The van der Waals surface area contributed by atoms with Crippen molar-refractivity contribution in [3.63, 3.8) is 0 Å². The molecule has 1 nitrogen and oxygen atoms in total. The maximum atomic E-state index is 6.42. The summed E-state index contributed by atoms with van der Waals surface area (Å²) in [7, 11) is 0. The minimum atomic E-state index is 0.101. The third-order valence-electron chi connectivity index (χ3n) is 2.60. The van der Waals surface area contributed by atoms with Gasteiger partial charge in [-0.05, 0) is 43.9 Å². The predicted molar refractivity (Wildman–Crippen MR) is 66.6 cm³/mol. The first-order valence-electron chi connectivity index (χ1n) is 5.28. The van der Waals surface area contributed by atoms with Gasteiger partial charge in [0, 0.05) is 10.0 Å². The summed E-state index contributed by atoms with van der Waals surface area (Å²) in [5, 5.41) is 0.101. The zero-order chi connectivity index (χ0) is 10.8. The van der Waals surface area contributed by atoms with E-state index in [-0.39, 0.29) is 5.38 Å². The lowest BCUT2D eigenvalue weighted by Crippen LogP contribution is -2.00. The number of hydrogen-bond donors (Lipinski definition) is 0. The minimum absolute atomic E-state index is 0.101. The molecule has 0 spiro atoms. The third-order valence-corrected chi connectivity index (χ3v) is 3.69. The zero-order valence-corrected chi connectivity index (χ0v) is 11.0. The van der Waals surface area contributed by atoms with E-state index in [0.717, 1.165) is 15.8 Å². The van der Waals surface area contributed by atoms with Crippen molar-refractivity contribution in [3.8, 4) is 5.75 Å². The standard InChI is InChI=1S/C12H14BrClO/c1-2-15-11-6-5-9(13)7-10(11)12(14)8-3-4-8/h5-8,12H,2-4H2,1H3. The second-order valence-corrected chi connectivity index (χ2v) is 5.24. The van der Waals surface area contributed by atoms with Crippen LogP contribution < -0.4 is 4.74 Å². The normalized spacial score (nSPS) is 17.5. The summed E-state index contributed by atoms with van der Waals surface area (Å²) < 4.78 is 6.65. The summed E-state index contributed by atoms with van der Waals surface area (Å²) in [6.45, 7) is 2.68. The van der Waals surface area contributed by atoms with E-state index in [4.69, 9.17) is 16.3 Å². The summed E-state index contributed by atoms with van der Waals surface area (Å²) in [6.07, 6.45) is 2.48. The van der Waals surface area contributed by atoms with Crippen molar-refractivity contribution in [2.45, 2.75) is 25.1 Å². The number of ether oxygens (including phenoxy) is 1. The van der Waals surface area contributed by atoms with Gasteiger partial charge < -0.3 is 4.74 Å². The van der Waals surface area contributed by atoms with Gasteiger partial charge in [-0.25, -0.2) is 0 Å². The maximum Gasteiger partial charge on any atom is 0.124 e. The monoisotopic (exact) mass is 288 g/mol. The molecular formula is C12H14BrClO. The molecule has 0 amide bonds. The van der Waals surface area contributed by atoms with Gasteiger partial charge in [0.15, 0.2) is 0 Å². The van der Waals surface area contributed by atoms with Crippen LogP contribution in [0.5, 0.6) is 5.75 Å². The topological polar surface area (TPSA) is 9.23 Å². The molecule has 0 heterocycles. The summed E-state index contributed by atoms with van der Waals surface area (Å²) in [5.41, 5.74) is 1.12. The highest BCUT2D eigenvalue weighted by atomic mass is 79.9. The Labute approximate surface area is 104 Å². The van der Waals surface area contributed by atoms with Crippen LogP contribution in [0.3, 0.4) is 0 Å². The molecular weight excluding hydrogens is 275 g/mol. The fourth-order valence-corrected chi connectivity index (χ4v) is 2.47. The molecule has 1 saturated carbocycles. The molecule has 1 atom stereocenters. The molecule has 0 aromatic heterocycles. The molecule has 1 aromatic rings. The molecule has 1 aliphatic carbocycles. The van der Waals surface area contributed by atoms with Crippen molar-refractivity contribution in [1.82, 2.24) is 0 Å². The van der Waals surface area contributed by atoms with Crippen LogP contribution in [0.25, 0.3) is 0 Å². The van der Waals surface area contributed by atoms with Crippen LogP contribution in [0.4, 0.5) is 0 Å². The Kier molecular flexibility index (Phi) is 3.57. The van der Waals surface area contributed by atoms with Crippen molar-refractivity contribution >= 4 is 27.5 Å². The van der Waals surface area contributed by atoms with Crippen LogP contribution in [0.15, 0.2) is 22.7 Å². The van der Waals surface area contributed by atoms with E-state index >= 15 is 0 Å². The summed E-state index contributed by atoms with van der Waals surface area (Å²) in [4.78, 5) is 0. The van der Waals surface area contributed by atoms with Crippen LogP contribution in [-0.4, -0.2) is 6.61 Å². The Balaban J connectivity index is 2.28. The second kappa shape index (κ2) is 4.75. The van der Waals surface area contributed by atoms with E-state index in [1.54, 1.807) is 0 Å². The van der Waals surface area contributed by atoms with Gasteiger partial charge in [0.2, 0.25) is 0 Å². The smallest absolute Gasteiger partial charge is 0.124 e. The summed E-state index contributed by atoms with van der Waals surface area (Å²) >= 11 is 9.89. The fraction of sp³-hybridized carbons (Fsp3) is 0.500. The van der Waals surface area contributed by atoms with Gasteiger partial charge in [-0.1, -0.05) is 15.9 Å². The third kappa shape index (κ3) is 2.67. The van der Waals surface area contributed by atoms with Gasteiger partial charge in [0.25, 0.3) is 0 Å². The number of halogens is 2. The highest BCUT2D eigenvalue weighted by Gasteiger charge is 2.32. The van der Waals surface area contributed by atoms with E-state index in [9.17, 15) is 0 Å². The number of benzene rings is 1. The van der Waals surface area contributed by atoms with Gasteiger partial charge in [-0.2, -0.15) is 0 Å². The highest BCUT2D eigenvalue weighted by molar-refractivity contribution is 9.10. The Morgan fingerprint density at radius 1 is 1.53 bits per heavy atom. The molecule has 15 heavy (non-hydrogen) atoms. The largest absolute Gasteiger partial charge is 0.494 e. The summed E-state index contributed by atoms with van der Waals surface area (Å²) in [6, 6.07) is 6.05. The van der Waals surface area contributed by atoms with Crippen LogP contribution in [0, 0.1) is 5.92 Å². The maximum absolute atomic E-state index is 6.42. The molecule has 0 N–H and O–H groups in total. The molecule has 0 saturated heterocycles. The van der Waals surface area contributed by atoms with Crippen molar-refractivity contribution in [2.75, 3.05) is 6.61 Å². The van der Waals surface area contributed by atoms with Crippen molar-refractivity contribution in [2.24, 2.45) is 5.92 Å². The Hall–Kier alpha value is -0.210. The molecule has 3 heteroatoms. The average Bonchev–Trinajstić information content (AvgIpc) is 3.03. The first-order valence-corrected chi connectivity index (χ1v) is 6.51. The van der Waals surface area contributed by atoms with Gasteiger partial charge in [0.1, 0.15) is 5.75 Å². The van der Waals surface area contributed by atoms with Crippen molar-refractivity contribution < 1.29 is 4.74 Å². The Morgan fingerprint density at radius 2 is 2.27 bits per heavy atom. The Morgan fingerprint density at radius 3 is 2.87 bits per heavy atom. The SMILES string of the molecule is CCOc1ccc(Br)cc1C(Cl)C1CC1. The highest BCUT2D eigenvalue weighted by Crippen LogP contribution is 2.47. The first kappa shape index (κ1) is 11.3. The number of alkyl halides is 1. The molecule has 0 radical (unpaired) electrons. The van der Waals surface area contributed by atoms with Gasteiger partial charge >= 0.3 is 0 Å². The zero-order valence-electron chi connectivity index (χ0n) is 8.67. The van der Waals surface area contributed by atoms with E-state index in [0.29, 0.717) is 12.5 Å². The van der Waals surface area contributed by atoms with E-state index in [1.807, 2.05) is 19.1 Å². The van der Waals surface area contributed by atoms with Crippen LogP contribution in [0.1, 0.15) is 30.7 Å². The van der Waals surface area contributed by atoms with Gasteiger partial charge in [0.05, 0.1) is 12.0 Å². The van der Waals surface area contributed by atoms with Crippen LogP contribution in [0.2, 0.25) is 0 Å². The minimum Gasteiger partial charge on any atom is -0.494 e. The van der Waals surface area contributed by atoms with E-state index in [1.165, 1.54) is 12.8 Å². The van der Waals surface area contributed by atoms with Crippen molar-refractivity contribution in [3.05, 3.63) is 28.2 Å². The molecule has 2 rings (SSSR count). The molecule has 1 aromatic carbocycles. The molecule has 0 aliphatic heterocycles. The van der Waals surface area contributed by atoms with Crippen molar-refractivity contribution in [1.29, 1.82) is 0 Å². The molecule has 1 unspecified atom stereocenters. The van der Waals surface area contributed by atoms with Gasteiger partial charge in [-0.15, -0.1) is 11.6 Å². The van der Waals surface area contributed by atoms with Crippen LogP contribution in [-0.2, 0) is 0 Å². The number of hydrogen-bond acceptors (Lipinski definition) is 1. The van der Waals surface area contributed by atoms with E-state index in [2.05, 4.69) is 22.0 Å². The Bertz CT molecular complexity index is 349. The lowest BCUT2D eigenvalue weighted by molar-refractivity contribution is 0.335. The lowest BCUT2D eigenvalue weighted by atomic mass is 10.1.